The molecule has 0 aliphatic carbocycles. The lowest BCUT2D eigenvalue weighted by molar-refractivity contribution is 0.480. The highest BCUT2D eigenvalue weighted by Gasteiger charge is 2.07. The first-order chi connectivity index (χ1) is 8.27. The zero-order valence-corrected chi connectivity index (χ0v) is 12.3. The van der Waals surface area contributed by atoms with Crippen LogP contribution in [0.1, 0.15) is 51.5 Å². The average Bonchev–Trinajstić information content (AvgIpc) is 2.35. The number of rotatable bonds is 8. The van der Waals surface area contributed by atoms with Gasteiger partial charge in [-0.15, -0.1) is 0 Å². The van der Waals surface area contributed by atoms with E-state index in [0.29, 0.717) is 0 Å². The van der Waals surface area contributed by atoms with Gasteiger partial charge in [-0.2, -0.15) is 0 Å². The van der Waals surface area contributed by atoms with Crippen molar-refractivity contribution in [3.05, 3.63) is 29.8 Å². The Balaban J connectivity index is 2.36. The van der Waals surface area contributed by atoms with Crippen LogP contribution in [-0.2, 0) is 6.42 Å². The topological polar surface area (TPSA) is 9.23 Å². The zero-order valence-electron chi connectivity index (χ0n) is 11.1. The number of para-hydroxylation sites is 1. The van der Waals surface area contributed by atoms with E-state index in [1.54, 1.807) is 0 Å². The lowest BCUT2D eigenvalue weighted by atomic mass is 9.95. The van der Waals surface area contributed by atoms with Gasteiger partial charge in [0.05, 0.1) is 5.75 Å². The van der Waals surface area contributed by atoms with Gasteiger partial charge in [-0.1, -0.05) is 64.2 Å². The molecule has 1 atom stereocenters. The van der Waals surface area contributed by atoms with E-state index in [0.717, 1.165) is 18.1 Å². The maximum atomic E-state index is 5.31. The number of benzene rings is 1. The SMILES string of the molecule is CCCCCCC(C)Cc1ccccc1[O][Al]. The van der Waals surface area contributed by atoms with Crippen LogP contribution in [0.5, 0.6) is 5.75 Å². The molecule has 0 N–H and O–H groups in total. The maximum Gasteiger partial charge on any atom is 0.482 e. The molecule has 1 unspecified atom stereocenters. The predicted octanol–water partition coefficient (Wildman–Crippen LogP) is 4.30. The lowest BCUT2D eigenvalue weighted by Gasteiger charge is -2.15. The Labute approximate surface area is 114 Å². The summed E-state index contributed by atoms with van der Waals surface area (Å²) in [4.78, 5) is 0. The first kappa shape index (κ1) is 14.6. The van der Waals surface area contributed by atoms with Crippen molar-refractivity contribution in [3.63, 3.8) is 0 Å². The highest BCUT2D eigenvalue weighted by atomic mass is 27.1. The van der Waals surface area contributed by atoms with Gasteiger partial charge in [0, 0.05) is 0 Å². The van der Waals surface area contributed by atoms with Gasteiger partial charge >= 0.3 is 16.6 Å². The van der Waals surface area contributed by atoms with Crippen LogP contribution >= 0.6 is 0 Å². The molecule has 0 spiro atoms. The molecule has 0 aromatic heterocycles. The minimum Gasteiger partial charge on any atom is -0.653 e. The van der Waals surface area contributed by atoms with E-state index in [4.69, 9.17) is 3.79 Å². The number of hydrogen-bond donors (Lipinski definition) is 0. The Morgan fingerprint density at radius 2 is 1.94 bits per heavy atom. The predicted molar refractivity (Wildman–Crippen MR) is 74.5 cm³/mol. The molecular weight excluding hydrogens is 223 g/mol. The third-order valence-corrected chi connectivity index (χ3v) is 3.47. The molecule has 1 aromatic rings. The van der Waals surface area contributed by atoms with Crippen molar-refractivity contribution >= 4 is 16.6 Å². The first-order valence-electron chi connectivity index (χ1n) is 6.72. The molecule has 2 heteroatoms. The molecule has 1 aromatic carbocycles. The van der Waals surface area contributed by atoms with Crippen molar-refractivity contribution < 1.29 is 3.79 Å². The van der Waals surface area contributed by atoms with Crippen molar-refractivity contribution in [2.75, 3.05) is 0 Å². The molecule has 0 heterocycles. The smallest absolute Gasteiger partial charge is 0.482 e. The summed E-state index contributed by atoms with van der Waals surface area (Å²) >= 11 is 2.34. The highest BCUT2D eigenvalue weighted by molar-refractivity contribution is 6.00. The van der Waals surface area contributed by atoms with Gasteiger partial charge in [-0.05, 0) is 24.0 Å². The Hall–Kier alpha value is -0.448. The molecule has 1 nitrogen and oxygen atoms in total. The zero-order chi connectivity index (χ0) is 12.5. The fraction of sp³-hybridized carbons (Fsp3) is 0.600. The molecule has 17 heavy (non-hydrogen) atoms. The van der Waals surface area contributed by atoms with E-state index >= 15 is 0 Å². The highest BCUT2D eigenvalue weighted by Crippen LogP contribution is 2.23. The molecule has 0 saturated heterocycles. The quantitative estimate of drug-likeness (QED) is 0.491. The minimum absolute atomic E-state index is 0.744. The van der Waals surface area contributed by atoms with Crippen LogP contribution in [0.25, 0.3) is 0 Å². The summed E-state index contributed by atoms with van der Waals surface area (Å²) in [6.45, 7) is 4.60. The van der Waals surface area contributed by atoms with Crippen LogP contribution in [0.4, 0.5) is 0 Å². The normalized spacial score (nSPS) is 12.4. The average molecular weight is 246 g/mol. The molecule has 0 aliphatic rings. The van der Waals surface area contributed by atoms with E-state index in [9.17, 15) is 0 Å². The van der Waals surface area contributed by atoms with E-state index in [1.165, 1.54) is 37.7 Å². The maximum absolute atomic E-state index is 5.31. The summed E-state index contributed by atoms with van der Waals surface area (Å²) in [6.07, 6.45) is 7.87. The van der Waals surface area contributed by atoms with Crippen molar-refractivity contribution in [1.82, 2.24) is 0 Å². The third-order valence-electron chi connectivity index (χ3n) is 3.22. The first-order valence-corrected chi connectivity index (χ1v) is 7.19. The standard InChI is InChI=1S/C15H24O.Al/c1-3-4-5-6-9-13(2)12-14-10-7-8-11-15(14)16;/h7-8,10-11,13,16H,3-6,9,12H2,1-2H3;/q;+1/p-1. The van der Waals surface area contributed by atoms with E-state index in [1.807, 2.05) is 12.1 Å². The van der Waals surface area contributed by atoms with Crippen LogP contribution in [-0.4, -0.2) is 16.6 Å². The van der Waals surface area contributed by atoms with Crippen molar-refractivity contribution in [3.8, 4) is 5.75 Å². The monoisotopic (exact) mass is 246 g/mol. The van der Waals surface area contributed by atoms with Crippen molar-refractivity contribution in [2.45, 2.75) is 52.4 Å². The Morgan fingerprint density at radius 1 is 1.18 bits per heavy atom. The molecule has 1 rings (SSSR count). The largest absolute Gasteiger partial charge is 0.653 e. The summed E-state index contributed by atoms with van der Waals surface area (Å²) in [5, 5.41) is 0. The lowest BCUT2D eigenvalue weighted by Crippen LogP contribution is -2.02. The van der Waals surface area contributed by atoms with Gasteiger partial charge in [0.25, 0.3) is 0 Å². The van der Waals surface area contributed by atoms with Crippen LogP contribution in [0.2, 0.25) is 0 Å². The second kappa shape index (κ2) is 8.62. The van der Waals surface area contributed by atoms with Gasteiger partial charge in [0.2, 0.25) is 0 Å². The summed E-state index contributed by atoms with van der Waals surface area (Å²) in [6, 6.07) is 8.31. The van der Waals surface area contributed by atoms with Crippen molar-refractivity contribution in [1.29, 1.82) is 0 Å². The van der Waals surface area contributed by atoms with Gasteiger partial charge in [0.1, 0.15) is 0 Å². The van der Waals surface area contributed by atoms with E-state index in [2.05, 4.69) is 42.6 Å². The fourth-order valence-electron chi connectivity index (χ4n) is 2.18. The van der Waals surface area contributed by atoms with Gasteiger partial charge in [0.15, 0.2) is 0 Å². The summed E-state index contributed by atoms with van der Waals surface area (Å²) in [5.41, 5.74) is 1.32. The third kappa shape index (κ3) is 5.62. The summed E-state index contributed by atoms with van der Waals surface area (Å²) < 4.78 is 5.31. The molecule has 0 bridgehead atoms. The number of unbranched alkanes of at least 4 members (excludes halogenated alkanes) is 3. The fourth-order valence-corrected chi connectivity index (χ4v) is 2.41. The van der Waals surface area contributed by atoms with Crippen LogP contribution in [0.15, 0.2) is 24.3 Å². The van der Waals surface area contributed by atoms with Crippen molar-refractivity contribution in [2.24, 2.45) is 5.92 Å². The van der Waals surface area contributed by atoms with E-state index in [-0.39, 0.29) is 0 Å². The molecule has 92 valence electrons. The van der Waals surface area contributed by atoms with Crippen LogP contribution in [0, 0.1) is 5.92 Å². The van der Waals surface area contributed by atoms with E-state index < -0.39 is 0 Å². The molecular formula is C15H23AlO. The molecule has 0 fully saturated rings. The minimum atomic E-state index is 0.744. The van der Waals surface area contributed by atoms with Crippen LogP contribution in [0.3, 0.4) is 0 Å². The summed E-state index contributed by atoms with van der Waals surface area (Å²) in [5.74, 6) is 1.74. The van der Waals surface area contributed by atoms with Gasteiger partial charge < -0.3 is 3.79 Å². The van der Waals surface area contributed by atoms with Gasteiger partial charge in [-0.3, -0.25) is 0 Å². The molecule has 0 saturated carbocycles. The van der Waals surface area contributed by atoms with Gasteiger partial charge in [-0.25, -0.2) is 0 Å². The molecule has 2 radical (unpaired) electrons. The second-order valence-corrected chi connectivity index (χ2v) is 5.12. The van der Waals surface area contributed by atoms with Crippen LogP contribution < -0.4 is 3.79 Å². The Morgan fingerprint density at radius 3 is 2.65 bits per heavy atom. The second-order valence-electron chi connectivity index (χ2n) is 4.88. The summed E-state index contributed by atoms with van der Waals surface area (Å²) in [7, 11) is 0. The Bertz CT molecular complexity index is 312. The molecule has 0 amide bonds. The number of hydrogen-bond acceptors (Lipinski definition) is 1. The molecule has 0 aliphatic heterocycles. The Kier molecular flexibility index (Phi) is 7.41.